The zero-order valence-electron chi connectivity index (χ0n) is 14.8. The zero-order chi connectivity index (χ0) is 17.6. The number of benzene rings is 2. The van der Waals surface area contributed by atoms with Gasteiger partial charge >= 0.3 is 0 Å². The first kappa shape index (κ1) is 17.0. The Bertz CT molecular complexity index is 819. The molecule has 3 nitrogen and oxygen atoms in total. The Morgan fingerprint density at radius 3 is 2.40 bits per heavy atom. The van der Waals surface area contributed by atoms with Crippen molar-refractivity contribution >= 4 is 11.6 Å². The van der Waals surface area contributed by atoms with Gasteiger partial charge in [-0.1, -0.05) is 48.9 Å². The summed E-state index contributed by atoms with van der Waals surface area (Å²) in [4.78, 5) is 12.6. The first-order valence-electron chi connectivity index (χ1n) is 8.73. The van der Waals surface area contributed by atoms with Crippen molar-refractivity contribution in [1.82, 2.24) is 4.57 Å². The third-order valence-electron chi connectivity index (χ3n) is 4.44. The quantitative estimate of drug-likeness (QED) is 0.679. The average molecular weight is 332 g/mol. The molecule has 0 aliphatic heterocycles. The van der Waals surface area contributed by atoms with Crippen LogP contribution in [0.3, 0.4) is 0 Å². The summed E-state index contributed by atoms with van der Waals surface area (Å²) in [5, 5.41) is 3.02. The monoisotopic (exact) mass is 332 g/mol. The van der Waals surface area contributed by atoms with Gasteiger partial charge in [0.05, 0.1) is 12.5 Å². The second-order valence-corrected chi connectivity index (χ2v) is 6.36. The highest BCUT2D eigenvalue weighted by molar-refractivity contribution is 5.91. The molecule has 0 spiro atoms. The van der Waals surface area contributed by atoms with Crippen LogP contribution in [0.4, 0.5) is 5.69 Å². The SMILES string of the molecule is CCc1ccc(NC(=O)CC(c2cccc(C)c2)n2cccc2)cc1. The van der Waals surface area contributed by atoms with Crippen molar-refractivity contribution in [2.45, 2.75) is 32.7 Å². The van der Waals surface area contributed by atoms with Gasteiger partial charge in [0.25, 0.3) is 0 Å². The van der Waals surface area contributed by atoms with Crippen LogP contribution in [0.1, 0.15) is 36.1 Å². The Labute approximate surface area is 149 Å². The lowest BCUT2D eigenvalue weighted by molar-refractivity contribution is -0.116. The summed E-state index contributed by atoms with van der Waals surface area (Å²) in [6.07, 6.45) is 5.41. The number of amides is 1. The minimum absolute atomic E-state index is 0.00943. The van der Waals surface area contributed by atoms with Crippen LogP contribution in [0.2, 0.25) is 0 Å². The molecule has 1 unspecified atom stereocenters. The standard InChI is InChI=1S/C22H24N2O/c1-3-18-9-11-20(12-10-18)23-22(25)16-21(24-13-4-5-14-24)19-8-6-7-17(2)15-19/h4-15,21H,3,16H2,1-2H3,(H,23,25). The van der Waals surface area contributed by atoms with E-state index in [2.05, 4.69) is 54.1 Å². The highest BCUT2D eigenvalue weighted by Gasteiger charge is 2.17. The predicted octanol–water partition coefficient (Wildman–Crippen LogP) is 4.98. The smallest absolute Gasteiger partial charge is 0.226 e. The van der Waals surface area contributed by atoms with Gasteiger partial charge in [0.15, 0.2) is 0 Å². The van der Waals surface area contributed by atoms with E-state index in [1.54, 1.807) is 0 Å². The van der Waals surface area contributed by atoms with Crippen LogP contribution in [-0.4, -0.2) is 10.5 Å². The molecule has 0 saturated heterocycles. The molecule has 1 heterocycles. The third-order valence-corrected chi connectivity index (χ3v) is 4.44. The second-order valence-electron chi connectivity index (χ2n) is 6.36. The Kier molecular flexibility index (Phi) is 5.34. The minimum Gasteiger partial charge on any atom is -0.346 e. The average Bonchev–Trinajstić information content (AvgIpc) is 3.14. The molecular formula is C22H24N2O. The molecule has 3 heteroatoms. The van der Waals surface area contributed by atoms with E-state index < -0.39 is 0 Å². The predicted molar refractivity (Wildman–Crippen MR) is 103 cm³/mol. The van der Waals surface area contributed by atoms with E-state index >= 15 is 0 Å². The number of carbonyl (C=O) groups is 1. The van der Waals surface area contributed by atoms with Gasteiger partial charge in [-0.15, -0.1) is 0 Å². The van der Waals surface area contributed by atoms with Crippen molar-refractivity contribution in [3.8, 4) is 0 Å². The molecule has 0 bridgehead atoms. The van der Waals surface area contributed by atoms with Crippen LogP contribution < -0.4 is 5.32 Å². The molecule has 1 aromatic heterocycles. The summed E-state index contributed by atoms with van der Waals surface area (Å²) in [7, 11) is 0. The highest BCUT2D eigenvalue weighted by atomic mass is 16.1. The van der Waals surface area contributed by atoms with Crippen LogP contribution in [0.15, 0.2) is 73.1 Å². The Morgan fingerprint density at radius 1 is 1.04 bits per heavy atom. The molecule has 3 aromatic rings. The maximum atomic E-state index is 12.6. The summed E-state index contributed by atoms with van der Waals surface area (Å²) in [5.74, 6) is 0.0180. The molecule has 0 fully saturated rings. The molecule has 2 aromatic carbocycles. The topological polar surface area (TPSA) is 34.0 Å². The number of hydrogen-bond donors (Lipinski definition) is 1. The van der Waals surface area contributed by atoms with E-state index in [0.717, 1.165) is 17.7 Å². The highest BCUT2D eigenvalue weighted by Crippen LogP contribution is 2.24. The second kappa shape index (κ2) is 7.84. The molecule has 25 heavy (non-hydrogen) atoms. The summed E-state index contributed by atoms with van der Waals surface area (Å²) in [5.41, 5.74) is 4.46. The van der Waals surface area contributed by atoms with Crippen molar-refractivity contribution < 1.29 is 4.79 Å². The van der Waals surface area contributed by atoms with Crippen LogP contribution in [0.5, 0.6) is 0 Å². The lowest BCUT2D eigenvalue weighted by atomic mass is 10.0. The Hall–Kier alpha value is -2.81. The van der Waals surface area contributed by atoms with Gasteiger partial charge in [0.2, 0.25) is 5.91 Å². The van der Waals surface area contributed by atoms with Crippen LogP contribution in [-0.2, 0) is 11.2 Å². The van der Waals surface area contributed by atoms with Gasteiger partial charge in [-0.25, -0.2) is 0 Å². The van der Waals surface area contributed by atoms with E-state index in [1.165, 1.54) is 11.1 Å². The Morgan fingerprint density at radius 2 is 1.76 bits per heavy atom. The van der Waals surface area contributed by atoms with Crippen molar-refractivity contribution in [1.29, 1.82) is 0 Å². The van der Waals surface area contributed by atoms with Gasteiger partial charge in [0, 0.05) is 18.1 Å². The molecule has 0 aliphatic carbocycles. The van der Waals surface area contributed by atoms with Crippen molar-refractivity contribution in [2.75, 3.05) is 5.32 Å². The van der Waals surface area contributed by atoms with Gasteiger partial charge in [-0.05, 0) is 48.7 Å². The van der Waals surface area contributed by atoms with E-state index in [1.807, 2.05) is 42.7 Å². The number of carbonyl (C=O) groups excluding carboxylic acids is 1. The first-order valence-corrected chi connectivity index (χ1v) is 8.73. The number of nitrogens with one attached hydrogen (secondary N) is 1. The van der Waals surface area contributed by atoms with Crippen LogP contribution >= 0.6 is 0 Å². The van der Waals surface area contributed by atoms with Gasteiger partial charge in [-0.3, -0.25) is 4.79 Å². The first-order chi connectivity index (χ1) is 12.2. The number of anilines is 1. The van der Waals surface area contributed by atoms with Crippen molar-refractivity contribution in [3.05, 3.63) is 89.7 Å². The van der Waals surface area contributed by atoms with Crippen molar-refractivity contribution in [2.24, 2.45) is 0 Å². The summed E-state index contributed by atoms with van der Waals surface area (Å²) >= 11 is 0. The molecule has 3 rings (SSSR count). The molecule has 0 radical (unpaired) electrons. The minimum atomic E-state index is -0.00943. The van der Waals surface area contributed by atoms with E-state index in [-0.39, 0.29) is 11.9 Å². The zero-order valence-corrected chi connectivity index (χ0v) is 14.8. The molecule has 1 N–H and O–H groups in total. The number of nitrogens with zero attached hydrogens (tertiary/aromatic N) is 1. The normalized spacial score (nSPS) is 11.9. The lowest BCUT2D eigenvalue weighted by Gasteiger charge is -2.20. The molecule has 1 atom stereocenters. The molecule has 0 saturated carbocycles. The maximum Gasteiger partial charge on any atom is 0.226 e. The van der Waals surface area contributed by atoms with Crippen LogP contribution in [0.25, 0.3) is 0 Å². The maximum absolute atomic E-state index is 12.6. The fourth-order valence-corrected chi connectivity index (χ4v) is 3.04. The van der Waals surface area contributed by atoms with Gasteiger partial charge in [0.1, 0.15) is 0 Å². The van der Waals surface area contributed by atoms with Gasteiger partial charge in [-0.2, -0.15) is 0 Å². The van der Waals surface area contributed by atoms with E-state index in [0.29, 0.717) is 6.42 Å². The summed E-state index contributed by atoms with van der Waals surface area (Å²) < 4.78 is 2.09. The summed E-state index contributed by atoms with van der Waals surface area (Å²) in [6.45, 7) is 4.20. The molecular weight excluding hydrogens is 308 g/mol. The number of aryl methyl sites for hydroxylation is 2. The molecule has 0 aliphatic rings. The number of aromatic nitrogens is 1. The van der Waals surface area contributed by atoms with E-state index in [4.69, 9.17) is 0 Å². The Balaban J connectivity index is 1.76. The largest absolute Gasteiger partial charge is 0.346 e. The van der Waals surface area contributed by atoms with Crippen LogP contribution in [0, 0.1) is 6.92 Å². The molecule has 128 valence electrons. The van der Waals surface area contributed by atoms with E-state index in [9.17, 15) is 4.79 Å². The number of rotatable bonds is 6. The number of hydrogen-bond acceptors (Lipinski definition) is 1. The fraction of sp³-hybridized carbons (Fsp3) is 0.227. The fourth-order valence-electron chi connectivity index (χ4n) is 3.04. The van der Waals surface area contributed by atoms with Crippen molar-refractivity contribution in [3.63, 3.8) is 0 Å². The van der Waals surface area contributed by atoms with Gasteiger partial charge < -0.3 is 9.88 Å². The lowest BCUT2D eigenvalue weighted by Crippen LogP contribution is -2.19. The third kappa shape index (κ3) is 4.38. The molecule has 1 amide bonds. The summed E-state index contributed by atoms with van der Waals surface area (Å²) in [6, 6.07) is 20.4.